The number of piperazine rings is 1. The Morgan fingerprint density at radius 1 is 1.17 bits per heavy atom. The first kappa shape index (κ1) is 14.2. The van der Waals surface area contributed by atoms with Crippen LogP contribution in [0.1, 0.15) is 32.1 Å². The fourth-order valence-electron chi connectivity index (χ4n) is 2.90. The maximum atomic E-state index is 12.4. The maximum Gasteiger partial charge on any atom is 0.281 e. The largest absolute Gasteiger partial charge is 0.314 e. The summed E-state index contributed by atoms with van der Waals surface area (Å²) in [5, 5.41) is 3.18. The third-order valence-electron chi connectivity index (χ3n) is 4.04. The summed E-state index contributed by atoms with van der Waals surface area (Å²) < 4.78 is 27.9. The molecule has 1 saturated heterocycles. The van der Waals surface area contributed by atoms with Crippen LogP contribution in [0.3, 0.4) is 0 Å². The highest BCUT2D eigenvalue weighted by molar-refractivity contribution is 7.86. The van der Waals surface area contributed by atoms with Gasteiger partial charge in [0, 0.05) is 39.8 Å². The standard InChI is InChI=1S/C12H25N3O2S/c1-14(11-12-5-3-2-4-6-12)18(16,17)15-9-7-13-8-10-15/h12-13H,2-11H2,1H3. The van der Waals surface area contributed by atoms with Crippen LogP contribution < -0.4 is 5.32 Å². The van der Waals surface area contributed by atoms with E-state index in [1.807, 2.05) is 0 Å². The molecule has 1 aliphatic carbocycles. The van der Waals surface area contributed by atoms with Gasteiger partial charge in [0.25, 0.3) is 10.2 Å². The predicted octanol–water partition coefficient (Wildman–Crippen LogP) is 0.649. The number of nitrogens with one attached hydrogen (secondary N) is 1. The minimum absolute atomic E-state index is 0.557. The zero-order valence-corrected chi connectivity index (χ0v) is 12.1. The molecule has 6 heteroatoms. The molecular weight excluding hydrogens is 250 g/mol. The van der Waals surface area contributed by atoms with Crippen LogP contribution in [0.2, 0.25) is 0 Å². The Bertz CT molecular complexity index is 346. The maximum absolute atomic E-state index is 12.4. The van der Waals surface area contributed by atoms with Gasteiger partial charge in [0.1, 0.15) is 0 Å². The van der Waals surface area contributed by atoms with Crippen LogP contribution in [0.4, 0.5) is 0 Å². The van der Waals surface area contributed by atoms with Crippen LogP contribution in [0.15, 0.2) is 0 Å². The van der Waals surface area contributed by atoms with E-state index in [1.165, 1.54) is 32.1 Å². The summed E-state index contributed by atoms with van der Waals surface area (Å²) in [4.78, 5) is 0. The lowest BCUT2D eigenvalue weighted by Gasteiger charge is -2.33. The van der Waals surface area contributed by atoms with Gasteiger partial charge in [0.05, 0.1) is 0 Å². The van der Waals surface area contributed by atoms with Crippen molar-refractivity contribution in [1.29, 1.82) is 0 Å². The normalized spacial score (nSPS) is 24.6. The zero-order valence-electron chi connectivity index (χ0n) is 11.3. The first-order valence-corrected chi connectivity index (χ1v) is 8.42. The lowest BCUT2D eigenvalue weighted by molar-refractivity contribution is 0.275. The van der Waals surface area contributed by atoms with E-state index in [9.17, 15) is 8.42 Å². The number of hydrogen-bond donors (Lipinski definition) is 1. The SMILES string of the molecule is CN(CC1CCCCC1)S(=O)(=O)N1CCNCC1. The molecular formula is C12H25N3O2S. The fourth-order valence-corrected chi connectivity index (χ4v) is 4.34. The summed E-state index contributed by atoms with van der Waals surface area (Å²) >= 11 is 0. The molecule has 1 N–H and O–H groups in total. The second-order valence-corrected chi connectivity index (χ2v) is 7.48. The van der Waals surface area contributed by atoms with Crippen molar-refractivity contribution < 1.29 is 8.42 Å². The molecule has 0 amide bonds. The Balaban J connectivity index is 1.91. The van der Waals surface area contributed by atoms with E-state index in [2.05, 4.69) is 5.32 Å². The summed E-state index contributed by atoms with van der Waals surface area (Å²) in [7, 11) is -1.51. The van der Waals surface area contributed by atoms with E-state index in [4.69, 9.17) is 0 Å². The zero-order chi connectivity index (χ0) is 13.0. The van der Waals surface area contributed by atoms with Crippen LogP contribution in [0.25, 0.3) is 0 Å². The molecule has 0 radical (unpaired) electrons. The van der Waals surface area contributed by atoms with Crippen LogP contribution >= 0.6 is 0 Å². The third kappa shape index (κ3) is 3.44. The molecule has 0 aromatic heterocycles. The second kappa shape index (κ2) is 6.32. The molecule has 5 nitrogen and oxygen atoms in total. The quantitative estimate of drug-likeness (QED) is 0.819. The molecule has 1 heterocycles. The van der Waals surface area contributed by atoms with Crippen LogP contribution in [0, 0.1) is 5.92 Å². The summed E-state index contributed by atoms with van der Waals surface area (Å²) in [6, 6.07) is 0. The Hall–Kier alpha value is -0.170. The Morgan fingerprint density at radius 3 is 2.39 bits per heavy atom. The first-order chi connectivity index (χ1) is 8.60. The predicted molar refractivity (Wildman–Crippen MR) is 72.6 cm³/mol. The van der Waals surface area contributed by atoms with E-state index in [0.717, 1.165) is 13.1 Å². The first-order valence-electron chi connectivity index (χ1n) is 7.03. The molecule has 1 aliphatic heterocycles. The van der Waals surface area contributed by atoms with Crippen molar-refractivity contribution >= 4 is 10.2 Å². The van der Waals surface area contributed by atoms with Crippen molar-refractivity contribution in [3.8, 4) is 0 Å². The topological polar surface area (TPSA) is 52.7 Å². The summed E-state index contributed by atoms with van der Waals surface area (Å²) in [5.41, 5.74) is 0. The molecule has 2 aliphatic rings. The molecule has 0 aromatic carbocycles. The van der Waals surface area contributed by atoms with E-state index in [1.54, 1.807) is 15.7 Å². The average molecular weight is 275 g/mol. The molecule has 2 fully saturated rings. The summed E-state index contributed by atoms with van der Waals surface area (Å²) in [6.45, 7) is 3.40. The van der Waals surface area contributed by atoms with Crippen LogP contribution in [0.5, 0.6) is 0 Å². The average Bonchev–Trinajstić information content (AvgIpc) is 2.41. The van der Waals surface area contributed by atoms with Crippen LogP contribution in [-0.2, 0) is 10.2 Å². The van der Waals surface area contributed by atoms with Crippen molar-refractivity contribution in [1.82, 2.24) is 13.9 Å². The van der Waals surface area contributed by atoms with Gasteiger partial charge >= 0.3 is 0 Å². The van der Waals surface area contributed by atoms with Gasteiger partial charge in [0.2, 0.25) is 0 Å². The van der Waals surface area contributed by atoms with Gasteiger partial charge in [-0.1, -0.05) is 19.3 Å². The minimum Gasteiger partial charge on any atom is -0.314 e. The highest BCUT2D eigenvalue weighted by Crippen LogP contribution is 2.25. The van der Waals surface area contributed by atoms with E-state index < -0.39 is 10.2 Å². The van der Waals surface area contributed by atoms with Gasteiger partial charge in [-0.05, 0) is 18.8 Å². The van der Waals surface area contributed by atoms with Crippen molar-refractivity contribution in [2.45, 2.75) is 32.1 Å². The van der Waals surface area contributed by atoms with Gasteiger partial charge in [-0.3, -0.25) is 0 Å². The van der Waals surface area contributed by atoms with Gasteiger partial charge in [0.15, 0.2) is 0 Å². The van der Waals surface area contributed by atoms with E-state index in [-0.39, 0.29) is 0 Å². The molecule has 0 unspecified atom stereocenters. The van der Waals surface area contributed by atoms with Crippen molar-refractivity contribution in [2.24, 2.45) is 5.92 Å². The van der Waals surface area contributed by atoms with Gasteiger partial charge in [-0.25, -0.2) is 0 Å². The third-order valence-corrected chi connectivity index (χ3v) is 5.99. The lowest BCUT2D eigenvalue weighted by Crippen LogP contribution is -2.51. The smallest absolute Gasteiger partial charge is 0.281 e. The molecule has 0 aromatic rings. The number of nitrogens with zero attached hydrogens (tertiary/aromatic N) is 2. The molecule has 2 rings (SSSR count). The van der Waals surface area contributed by atoms with Crippen molar-refractivity contribution in [3.63, 3.8) is 0 Å². The lowest BCUT2D eigenvalue weighted by atomic mass is 9.89. The van der Waals surface area contributed by atoms with Gasteiger partial charge in [-0.2, -0.15) is 17.0 Å². The fraction of sp³-hybridized carbons (Fsp3) is 1.00. The Labute approximate surface area is 111 Å². The number of rotatable bonds is 4. The molecule has 106 valence electrons. The molecule has 0 atom stereocenters. The summed E-state index contributed by atoms with van der Waals surface area (Å²) in [6.07, 6.45) is 6.19. The molecule has 1 saturated carbocycles. The van der Waals surface area contributed by atoms with E-state index >= 15 is 0 Å². The minimum atomic E-state index is -3.23. The highest BCUT2D eigenvalue weighted by atomic mass is 32.2. The molecule has 18 heavy (non-hydrogen) atoms. The van der Waals surface area contributed by atoms with E-state index in [0.29, 0.717) is 25.6 Å². The van der Waals surface area contributed by atoms with Gasteiger partial charge in [-0.15, -0.1) is 0 Å². The van der Waals surface area contributed by atoms with Gasteiger partial charge < -0.3 is 5.32 Å². The molecule has 0 bridgehead atoms. The monoisotopic (exact) mass is 275 g/mol. The highest BCUT2D eigenvalue weighted by Gasteiger charge is 2.29. The van der Waals surface area contributed by atoms with Crippen molar-refractivity contribution in [3.05, 3.63) is 0 Å². The Kier molecular flexibility index (Phi) is 5.00. The second-order valence-electron chi connectivity index (χ2n) is 5.44. The summed E-state index contributed by atoms with van der Waals surface area (Å²) in [5.74, 6) is 0.557. The Morgan fingerprint density at radius 2 is 1.78 bits per heavy atom. The molecule has 0 spiro atoms. The number of hydrogen-bond acceptors (Lipinski definition) is 3. The van der Waals surface area contributed by atoms with Crippen LogP contribution in [-0.4, -0.2) is 56.8 Å². The van der Waals surface area contributed by atoms with Crippen molar-refractivity contribution in [2.75, 3.05) is 39.8 Å².